The Morgan fingerprint density at radius 2 is 1.55 bits per heavy atom. The average Bonchev–Trinajstić information content (AvgIpc) is 2.82. The van der Waals surface area contributed by atoms with Crippen molar-refractivity contribution in [1.82, 2.24) is 5.43 Å². The lowest BCUT2D eigenvalue weighted by molar-refractivity contribution is 0.0730. The van der Waals surface area contributed by atoms with Gasteiger partial charge in [-0.25, -0.2) is 10.6 Å². The molecule has 0 radical (unpaired) electrons. The molecule has 0 aliphatic rings. The van der Waals surface area contributed by atoms with Crippen LogP contribution in [0.25, 0.3) is 0 Å². The summed E-state index contributed by atoms with van der Waals surface area (Å²) in [5, 5.41) is 0. The summed E-state index contributed by atoms with van der Waals surface area (Å²) in [5.74, 6) is 4.58. The molecule has 7 heteroatoms. The predicted octanol–water partition coefficient (Wildman–Crippen LogP) is 3.31. The molecule has 31 heavy (non-hydrogen) atoms. The summed E-state index contributed by atoms with van der Waals surface area (Å²) in [4.78, 5) is 25.4. The summed E-state index contributed by atoms with van der Waals surface area (Å²) in [6, 6.07) is 20.2. The monoisotopic (exact) mass is 420 g/mol. The van der Waals surface area contributed by atoms with E-state index in [0.717, 1.165) is 12.0 Å². The Bertz CT molecular complexity index is 1070. The Morgan fingerprint density at radius 3 is 2.23 bits per heavy atom. The van der Waals surface area contributed by atoms with Crippen LogP contribution in [-0.2, 0) is 12.8 Å². The second kappa shape index (κ2) is 10.3. The van der Waals surface area contributed by atoms with Gasteiger partial charge in [-0.05, 0) is 30.0 Å². The third kappa shape index (κ3) is 5.21. The van der Waals surface area contributed by atoms with Crippen LogP contribution in [0.15, 0.2) is 66.7 Å². The Balaban J connectivity index is 1.90. The van der Waals surface area contributed by atoms with Crippen molar-refractivity contribution in [2.75, 3.05) is 14.2 Å². The number of carbonyl (C=O) groups excluding carboxylic acids is 2. The topological polar surface area (TPSA) is 99.9 Å². The van der Waals surface area contributed by atoms with E-state index in [0.29, 0.717) is 17.7 Å². The number of amides is 1. The van der Waals surface area contributed by atoms with Crippen molar-refractivity contribution in [1.29, 1.82) is 0 Å². The largest absolute Gasteiger partial charge is 0.496 e. The third-order valence-corrected chi connectivity index (χ3v) is 4.82. The number of benzene rings is 3. The first-order valence-electron chi connectivity index (χ1n) is 9.68. The highest BCUT2D eigenvalue weighted by molar-refractivity contribution is 6.01. The van der Waals surface area contributed by atoms with Gasteiger partial charge in [0.05, 0.1) is 19.8 Å². The van der Waals surface area contributed by atoms with E-state index in [4.69, 9.17) is 20.1 Å². The van der Waals surface area contributed by atoms with Crippen LogP contribution in [0.5, 0.6) is 17.2 Å². The Kier molecular flexibility index (Phi) is 7.24. The first kappa shape index (κ1) is 21.9. The molecule has 0 unspecified atom stereocenters. The molecule has 0 bridgehead atoms. The van der Waals surface area contributed by atoms with Crippen molar-refractivity contribution < 1.29 is 23.8 Å². The van der Waals surface area contributed by atoms with E-state index in [2.05, 4.69) is 0 Å². The average molecular weight is 420 g/mol. The van der Waals surface area contributed by atoms with Crippen LogP contribution in [0.2, 0.25) is 0 Å². The van der Waals surface area contributed by atoms with E-state index >= 15 is 0 Å². The number of hydrazine groups is 1. The maximum absolute atomic E-state index is 13.0. The van der Waals surface area contributed by atoms with E-state index in [1.54, 1.807) is 12.1 Å². The summed E-state index contributed by atoms with van der Waals surface area (Å²) < 4.78 is 16.1. The van der Waals surface area contributed by atoms with E-state index in [1.165, 1.54) is 31.9 Å². The Labute approximate surface area is 180 Å². The predicted molar refractivity (Wildman–Crippen MR) is 116 cm³/mol. The molecule has 0 atom stereocenters. The van der Waals surface area contributed by atoms with Crippen LogP contribution in [0.3, 0.4) is 0 Å². The summed E-state index contributed by atoms with van der Waals surface area (Å²) >= 11 is 0. The number of nitrogen functional groups attached to an aromatic ring is 1. The van der Waals surface area contributed by atoms with Gasteiger partial charge in [0.25, 0.3) is 5.91 Å². The highest BCUT2D eigenvalue weighted by atomic mass is 16.5. The van der Waals surface area contributed by atoms with Gasteiger partial charge in [0.2, 0.25) is 0 Å². The molecule has 3 aromatic rings. The Hall–Kier alpha value is -3.84. The molecule has 0 saturated carbocycles. The normalized spacial score (nSPS) is 10.3. The smallest absolute Gasteiger partial charge is 0.343 e. The SMILES string of the molecule is COc1cc(OC)c(C(=O)NN)c(OC(=O)c2ccccc2CCc2ccccc2)c1. The first-order valence-corrected chi connectivity index (χ1v) is 9.68. The number of carbonyl (C=O) groups is 2. The van der Waals surface area contributed by atoms with E-state index in [9.17, 15) is 9.59 Å². The minimum Gasteiger partial charge on any atom is -0.496 e. The fourth-order valence-corrected chi connectivity index (χ4v) is 3.24. The lowest BCUT2D eigenvalue weighted by Gasteiger charge is -2.15. The highest BCUT2D eigenvalue weighted by Crippen LogP contribution is 2.34. The fraction of sp³-hybridized carbons (Fsp3) is 0.167. The number of hydrogen-bond donors (Lipinski definition) is 2. The van der Waals surface area contributed by atoms with Crippen molar-refractivity contribution in [2.45, 2.75) is 12.8 Å². The summed E-state index contributed by atoms with van der Waals surface area (Å²) in [6.45, 7) is 0. The zero-order valence-electron chi connectivity index (χ0n) is 17.4. The fourth-order valence-electron chi connectivity index (χ4n) is 3.24. The number of methoxy groups -OCH3 is 2. The van der Waals surface area contributed by atoms with Crippen molar-refractivity contribution in [3.05, 3.63) is 89.0 Å². The molecule has 0 aliphatic carbocycles. The Morgan fingerprint density at radius 1 is 0.871 bits per heavy atom. The number of nitrogens with two attached hydrogens (primary N) is 1. The number of rotatable bonds is 8. The summed E-state index contributed by atoms with van der Waals surface area (Å²) in [6.07, 6.45) is 1.44. The molecule has 3 rings (SSSR count). The second-order valence-corrected chi connectivity index (χ2v) is 6.71. The minimum atomic E-state index is -0.653. The van der Waals surface area contributed by atoms with E-state index in [1.807, 2.05) is 47.9 Å². The maximum atomic E-state index is 13.0. The minimum absolute atomic E-state index is 0.000849. The van der Waals surface area contributed by atoms with Crippen molar-refractivity contribution in [3.8, 4) is 17.2 Å². The highest BCUT2D eigenvalue weighted by Gasteiger charge is 2.23. The molecule has 0 spiro atoms. The molecule has 3 N–H and O–H groups in total. The van der Waals surface area contributed by atoms with Crippen molar-refractivity contribution >= 4 is 11.9 Å². The molecule has 0 saturated heterocycles. The van der Waals surface area contributed by atoms with Crippen LogP contribution >= 0.6 is 0 Å². The van der Waals surface area contributed by atoms with Gasteiger partial charge in [-0.3, -0.25) is 10.2 Å². The quantitative estimate of drug-likeness (QED) is 0.191. The maximum Gasteiger partial charge on any atom is 0.343 e. The van der Waals surface area contributed by atoms with Crippen molar-refractivity contribution in [3.63, 3.8) is 0 Å². The zero-order valence-corrected chi connectivity index (χ0v) is 17.4. The lowest BCUT2D eigenvalue weighted by atomic mass is 10.00. The third-order valence-electron chi connectivity index (χ3n) is 4.82. The number of ether oxygens (including phenoxy) is 3. The summed E-state index contributed by atoms with van der Waals surface area (Å²) in [7, 11) is 2.86. The first-order chi connectivity index (χ1) is 15.1. The van der Waals surface area contributed by atoms with Crippen LogP contribution in [0, 0.1) is 0 Å². The zero-order chi connectivity index (χ0) is 22.2. The van der Waals surface area contributed by atoms with Gasteiger partial charge < -0.3 is 14.2 Å². The van der Waals surface area contributed by atoms with Crippen LogP contribution < -0.4 is 25.5 Å². The van der Waals surface area contributed by atoms with Gasteiger partial charge in [-0.15, -0.1) is 0 Å². The molecule has 0 fully saturated rings. The molecular weight excluding hydrogens is 396 g/mol. The van der Waals surface area contributed by atoms with E-state index < -0.39 is 11.9 Å². The number of esters is 1. The van der Waals surface area contributed by atoms with Crippen LogP contribution in [0.4, 0.5) is 0 Å². The van der Waals surface area contributed by atoms with Crippen LogP contribution in [0.1, 0.15) is 31.8 Å². The lowest BCUT2D eigenvalue weighted by Crippen LogP contribution is -2.31. The summed E-state index contributed by atoms with van der Waals surface area (Å²) in [5.41, 5.74) is 4.48. The molecule has 0 aliphatic heterocycles. The van der Waals surface area contributed by atoms with Crippen molar-refractivity contribution in [2.24, 2.45) is 5.84 Å². The van der Waals surface area contributed by atoms with Gasteiger partial charge in [0.1, 0.15) is 17.1 Å². The molecular formula is C24H24N2O5. The van der Waals surface area contributed by atoms with Gasteiger partial charge in [-0.1, -0.05) is 48.5 Å². The molecule has 160 valence electrons. The molecule has 0 aromatic heterocycles. The second-order valence-electron chi connectivity index (χ2n) is 6.71. The number of aryl methyl sites for hydroxylation is 2. The molecule has 1 amide bonds. The van der Waals surface area contributed by atoms with Crippen LogP contribution in [-0.4, -0.2) is 26.1 Å². The molecule has 0 heterocycles. The number of nitrogens with one attached hydrogen (secondary N) is 1. The molecule has 3 aromatic carbocycles. The van der Waals surface area contributed by atoms with Gasteiger partial charge in [0.15, 0.2) is 5.75 Å². The number of hydrogen-bond acceptors (Lipinski definition) is 6. The van der Waals surface area contributed by atoms with Gasteiger partial charge in [-0.2, -0.15) is 0 Å². The molecule has 7 nitrogen and oxygen atoms in total. The van der Waals surface area contributed by atoms with Gasteiger partial charge in [0, 0.05) is 12.1 Å². The van der Waals surface area contributed by atoms with E-state index in [-0.39, 0.29) is 17.1 Å². The van der Waals surface area contributed by atoms with Gasteiger partial charge >= 0.3 is 5.97 Å². The standard InChI is InChI=1S/C24H24N2O5/c1-29-18-14-20(30-2)22(23(27)26-25)21(15-18)31-24(28)19-11-7-6-10-17(19)13-12-16-8-4-3-5-9-16/h3-11,14-15H,12-13,25H2,1-2H3,(H,26,27).